The van der Waals surface area contributed by atoms with Gasteiger partial charge in [0.05, 0.1) is 0 Å². The Labute approximate surface area is 78.3 Å². The van der Waals surface area contributed by atoms with Crippen LogP contribution in [0.4, 0.5) is 0 Å². The van der Waals surface area contributed by atoms with Crippen LogP contribution in [-0.4, -0.2) is 23.4 Å². The van der Waals surface area contributed by atoms with Gasteiger partial charge in [0.15, 0.2) is 0 Å². The van der Waals surface area contributed by atoms with Crippen LogP contribution in [-0.2, 0) is 0 Å². The number of primary amides is 1. The Hall–Kier alpha value is -0.620. The standard InChI is InChI=1S/C6H8N2O2S2/c1-11-5-3(4(7)9)10-6(8-5)12-2/h1-2H3,(H2,7,9). The molecule has 0 unspecified atom stereocenters. The second-order valence-corrected chi connectivity index (χ2v) is 3.44. The number of carbonyl (C=O) groups is 1. The van der Waals surface area contributed by atoms with Gasteiger partial charge in [-0.3, -0.25) is 4.79 Å². The number of hydrogen-bond acceptors (Lipinski definition) is 5. The zero-order chi connectivity index (χ0) is 9.14. The second-order valence-electron chi connectivity index (χ2n) is 1.89. The highest BCUT2D eigenvalue weighted by atomic mass is 32.2. The number of amides is 1. The van der Waals surface area contributed by atoms with E-state index >= 15 is 0 Å². The normalized spacial score (nSPS) is 10.2. The van der Waals surface area contributed by atoms with Crippen molar-refractivity contribution in [3.63, 3.8) is 0 Å². The third-order valence-electron chi connectivity index (χ3n) is 1.17. The molecule has 0 spiro atoms. The summed E-state index contributed by atoms with van der Waals surface area (Å²) in [7, 11) is 0. The maximum absolute atomic E-state index is 10.8. The molecule has 0 aliphatic carbocycles. The molecule has 0 aliphatic heterocycles. The molecule has 0 aliphatic rings. The van der Waals surface area contributed by atoms with Crippen LogP contribution in [0, 0.1) is 0 Å². The fourth-order valence-electron chi connectivity index (χ4n) is 0.669. The lowest BCUT2D eigenvalue weighted by Gasteiger charge is -1.88. The van der Waals surface area contributed by atoms with Gasteiger partial charge in [-0.1, -0.05) is 11.8 Å². The molecular weight excluding hydrogens is 196 g/mol. The predicted octanol–water partition coefficient (Wildman–Crippen LogP) is 1.22. The summed E-state index contributed by atoms with van der Waals surface area (Å²) >= 11 is 2.68. The molecule has 0 saturated heterocycles. The summed E-state index contributed by atoms with van der Waals surface area (Å²) in [6.45, 7) is 0. The van der Waals surface area contributed by atoms with Crippen molar-refractivity contribution in [2.45, 2.75) is 10.2 Å². The van der Waals surface area contributed by atoms with E-state index in [-0.39, 0.29) is 5.76 Å². The number of rotatable bonds is 3. The third-order valence-corrected chi connectivity index (χ3v) is 2.36. The molecule has 0 bridgehead atoms. The van der Waals surface area contributed by atoms with Crippen LogP contribution in [0.3, 0.4) is 0 Å². The van der Waals surface area contributed by atoms with Crippen molar-refractivity contribution in [3.05, 3.63) is 5.76 Å². The second kappa shape index (κ2) is 3.86. The molecule has 1 heterocycles. The highest BCUT2D eigenvalue weighted by Crippen LogP contribution is 2.24. The Morgan fingerprint density at radius 1 is 1.50 bits per heavy atom. The van der Waals surface area contributed by atoms with Gasteiger partial charge in [0.25, 0.3) is 11.1 Å². The Morgan fingerprint density at radius 3 is 2.50 bits per heavy atom. The van der Waals surface area contributed by atoms with Crippen molar-refractivity contribution in [1.82, 2.24) is 4.98 Å². The molecule has 0 radical (unpaired) electrons. The van der Waals surface area contributed by atoms with E-state index in [4.69, 9.17) is 10.2 Å². The van der Waals surface area contributed by atoms with Crippen LogP contribution in [0.5, 0.6) is 0 Å². The lowest BCUT2D eigenvalue weighted by molar-refractivity contribution is 0.0965. The van der Waals surface area contributed by atoms with Crippen molar-refractivity contribution in [1.29, 1.82) is 0 Å². The van der Waals surface area contributed by atoms with Crippen molar-refractivity contribution >= 4 is 29.4 Å². The smallest absolute Gasteiger partial charge is 0.287 e. The van der Waals surface area contributed by atoms with Crippen LogP contribution >= 0.6 is 23.5 Å². The van der Waals surface area contributed by atoms with Gasteiger partial charge in [-0.15, -0.1) is 11.8 Å². The number of oxazole rings is 1. The zero-order valence-electron chi connectivity index (χ0n) is 6.66. The molecule has 0 saturated carbocycles. The largest absolute Gasteiger partial charge is 0.425 e. The Morgan fingerprint density at radius 2 is 2.17 bits per heavy atom. The van der Waals surface area contributed by atoms with Gasteiger partial charge >= 0.3 is 0 Å². The molecule has 0 aromatic carbocycles. The number of aromatic nitrogens is 1. The first-order valence-electron chi connectivity index (χ1n) is 3.07. The molecule has 1 aromatic heterocycles. The van der Waals surface area contributed by atoms with E-state index in [1.807, 2.05) is 12.5 Å². The fourth-order valence-corrected chi connectivity index (χ4v) is 1.58. The Kier molecular flexibility index (Phi) is 3.05. The van der Waals surface area contributed by atoms with Gasteiger partial charge in [-0.25, -0.2) is 0 Å². The molecule has 4 nitrogen and oxygen atoms in total. The highest BCUT2D eigenvalue weighted by Gasteiger charge is 2.16. The maximum Gasteiger partial charge on any atom is 0.287 e. The Bertz CT molecular complexity index is 298. The monoisotopic (exact) mass is 204 g/mol. The number of thioether (sulfide) groups is 2. The van der Waals surface area contributed by atoms with E-state index in [2.05, 4.69) is 4.98 Å². The third kappa shape index (κ3) is 1.75. The molecule has 1 amide bonds. The highest BCUT2D eigenvalue weighted by molar-refractivity contribution is 7.99. The Balaban J connectivity index is 3.08. The summed E-state index contributed by atoms with van der Waals surface area (Å²) in [6, 6.07) is 0. The van der Waals surface area contributed by atoms with Gasteiger partial charge in [0.1, 0.15) is 5.03 Å². The maximum atomic E-state index is 10.8. The lowest BCUT2D eigenvalue weighted by Crippen LogP contribution is -2.10. The molecule has 6 heteroatoms. The predicted molar refractivity (Wildman–Crippen MR) is 48.6 cm³/mol. The molecule has 2 N–H and O–H groups in total. The van der Waals surface area contributed by atoms with Crippen molar-refractivity contribution in [2.75, 3.05) is 12.5 Å². The molecule has 1 aromatic rings. The van der Waals surface area contributed by atoms with E-state index in [0.29, 0.717) is 10.2 Å². The number of carbonyl (C=O) groups excluding carboxylic acids is 1. The fraction of sp³-hybridized carbons (Fsp3) is 0.333. The van der Waals surface area contributed by atoms with Gasteiger partial charge in [0.2, 0.25) is 5.76 Å². The van der Waals surface area contributed by atoms with E-state index in [1.54, 1.807) is 0 Å². The van der Waals surface area contributed by atoms with Gasteiger partial charge in [0, 0.05) is 0 Å². The number of nitrogens with two attached hydrogens (primary N) is 1. The van der Waals surface area contributed by atoms with E-state index < -0.39 is 5.91 Å². The minimum atomic E-state index is -0.577. The first-order chi connectivity index (χ1) is 5.69. The topological polar surface area (TPSA) is 69.1 Å². The molecule has 0 atom stereocenters. The average molecular weight is 204 g/mol. The quantitative estimate of drug-likeness (QED) is 0.750. The number of hydrogen-bond donors (Lipinski definition) is 1. The first kappa shape index (κ1) is 9.47. The SMILES string of the molecule is CSc1nc(SC)c(C(N)=O)o1. The minimum absolute atomic E-state index is 0.145. The minimum Gasteiger partial charge on any atom is -0.425 e. The van der Waals surface area contributed by atoms with Crippen LogP contribution in [0.15, 0.2) is 14.7 Å². The summed E-state index contributed by atoms with van der Waals surface area (Å²) in [5.41, 5.74) is 5.06. The molecule has 0 fully saturated rings. The van der Waals surface area contributed by atoms with E-state index in [9.17, 15) is 4.79 Å². The van der Waals surface area contributed by atoms with Gasteiger partial charge < -0.3 is 10.2 Å². The number of nitrogens with zero attached hydrogens (tertiary/aromatic N) is 1. The zero-order valence-corrected chi connectivity index (χ0v) is 8.29. The van der Waals surface area contributed by atoms with E-state index in [0.717, 1.165) is 0 Å². The molecule has 66 valence electrons. The van der Waals surface area contributed by atoms with Gasteiger partial charge in [-0.05, 0) is 12.5 Å². The lowest BCUT2D eigenvalue weighted by atomic mass is 10.5. The first-order valence-corrected chi connectivity index (χ1v) is 5.52. The van der Waals surface area contributed by atoms with Gasteiger partial charge in [-0.2, -0.15) is 4.98 Å². The molecular formula is C6H8N2O2S2. The summed E-state index contributed by atoms with van der Waals surface area (Å²) in [6.07, 6.45) is 3.63. The van der Waals surface area contributed by atoms with Crippen LogP contribution in [0.25, 0.3) is 0 Å². The van der Waals surface area contributed by atoms with Crippen LogP contribution in [0.2, 0.25) is 0 Å². The summed E-state index contributed by atoms with van der Waals surface area (Å²) in [4.78, 5) is 14.8. The summed E-state index contributed by atoms with van der Waals surface area (Å²) in [5.74, 6) is -0.431. The summed E-state index contributed by atoms with van der Waals surface area (Å²) < 4.78 is 5.07. The average Bonchev–Trinajstić information content (AvgIpc) is 2.47. The van der Waals surface area contributed by atoms with Crippen molar-refractivity contribution in [3.8, 4) is 0 Å². The molecule has 12 heavy (non-hydrogen) atoms. The van der Waals surface area contributed by atoms with Crippen molar-refractivity contribution in [2.24, 2.45) is 5.73 Å². The van der Waals surface area contributed by atoms with E-state index in [1.165, 1.54) is 23.5 Å². The summed E-state index contributed by atoms with van der Waals surface area (Å²) in [5, 5.41) is 1.01. The van der Waals surface area contributed by atoms with Crippen molar-refractivity contribution < 1.29 is 9.21 Å². The van der Waals surface area contributed by atoms with Crippen LogP contribution in [0.1, 0.15) is 10.6 Å². The van der Waals surface area contributed by atoms with Crippen LogP contribution < -0.4 is 5.73 Å². The molecule has 1 rings (SSSR count).